The minimum absolute atomic E-state index is 0.0949. The molecule has 2 unspecified atom stereocenters. The maximum absolute atomic E-state index is 13.2. The van der Waals surface area contributed by atoms with Crippen molar-refractivity contribution in [2.75, 3.05) is 0 Å². The maximum atomic E-state index is 13.2. The van der Waals surface area contributed by atoms with Crippen molar-refractivity contribution in [1.82, 2.24) is 14.7 Å². The normalized spacial score (nSPS) is 16.9. The molecule has 6 nitrogen and oxygen atoms in total. The third-order valence-corrected chi connectivity index (χ3v) is 6.26. The van der Waals surface area contributed by atoms with Crippen LogP contribution in [0.25, 0.3) is 5.52 Å². The molecule has 0 aliphatic heterocycles. The Labute approximate surface area is 188 Å². The Hall–Kier alpha value is -3.12. The number of hydrogen-bond acceptors (Lipinski definition) is 3. The number of ether oxygens (including phenoxy) is 1. The van der Waals surface area contributed by atoms with E-state index >= 15 is 0 Å². The number of aromatic nitrogens is 2. The third-order valence-electron chi connectivity index (χ3n) is 6.26. The predicted octanol–water partition coefficient (Wildman–Crippen LogP) is 4.67. The monoisotopic (exact) mass is 433 g/mol. The van der Waals surface area contributed by atoms with Crippen LogP contribution in [0.5, 0.6) is 0 Å². The Balaban J connectivity index is 1.62. The molecule has 3 heterocycles. The number of aromatic amines is 1. The van der Waals surface area contributed by atoms with Crippen LogP contribution in [0.2, 0.25) is 0 Å². The number of pyridine rings is 2. The predicted molar refractivity (Wildman–Crippen MR) is 126 cm³/mol. The molecule has 168 valence electrons. The van der Waals surface area contributed by atoms with Crippen molar-refractivity contribution in [3.8, 4) is 0 Å². The first-order valence-electron chi connectivity index (χ1n) is 11.3. The summed E-state index contributed by atoms with van der Waals surface area (Å²) in [6.07, 6.45) is 9.49. The Kier molecular flexibility index (Phi) is 6.33. The van der Waals surface area contributed by atoms with Crippen molar-refractivity contribution in [3.05, 3.63) is 86.6 Å². The topological polar surface area (TPSA) is 75.6 Å². The van der Waals surface area contributed by atoms with Crippen molar-refractivity contribution < 1.29 is 9.53 Å². The zero-order valence-corrected chi connectivity index (χ0v) is 19.2. The molecule has 1 aliphatic carbocycles. The second-order valence-electron chi connectivity index (χ2n) is 8.67. The zero-order valence-electron chi connectivity index (χ0n) is 19.2. The number of carbonyl (C=O) groups is 1. The lowest BCUT2D eigenvalue weighted by atomic mass is 10.0. The van der Waals surface area contributed by atoms with Gasteiger partial charge in [0, 0.05) is 35.1 Å². The van der Waals surface area contributed by atoms with E-state index in [1.165, 1.54) is 0 Å². The summed E-state index contributed by atoms with van der Waals surface area (Å²) >= 11 is 0. The minimum atomic E-state index is -0.198. The van der Waals surface area contributed by atoms with Gasteiger partial charge < -0.3 is 19.4 Å². The van der Waals surface area contributed by atoms with Gasteiger partial charge in [0.25, 0.3) is 11.5 Å². The van der Waals surface area contributed by atoms with Gasteiger partial charge in [0.1, 0.15) is 0 Å². The molecule has 0 radical (unpaired) electrons. The molecular formula is C26H31N3O3. The average Bonchev–Trinajstić information content (AvgIpc) is 3.21. The second-order valence-corrected chi connectivity index (χ2v) is 8.67. The third kappa shape index (κ3) is 4.41. The van der Waals surface area contributed by atoms with Gasteiger partial charge in [0.2, 0.25) is 0 Å². The summed E-state index contributed by atoms with van der Waals surface area (Å²) in [5, 5.41) is 2.94. The van der Waals surface area contributed by atoms with Crippen molar-refractivity contribution in [3.63, 3.8) is 0 Å². The summed E-state index contributed by atoms with van der Waals surface area (Å²) < 4.78 is 8.45. The van der Waals surface area contributed by atoms with E-state index in [2.05, 4.69) is 26.9 Å². The summed E-state index contributed by atoms with van der Waals surface area (Å²) in [6.45, 7) is 7.92. The number of nitrogens with one attached hydrogen (secondary N) is 2. The molecule has 6 heteroatoms. The minimum Gasteiger partial charge on any atom is -0.365 e. The molecule has 2 N–H and O–H groups in total. The summed E-state index contributed by atoms with van der Waals surface area (Å²) in [4.78, 5) is 28.3. The molecule has 0 saturated heterocycles. The first-order chi connectivity index (χ1) is 15.3. The first kappa shape index (κ1) is 22.1. The summed E-state index contributed by atoms with van der Waals surface area (Å²) in [5.74, 6) is -0.198. The average molecular weight is 434 g/mol. The molecule has 1 amide bonds. The van der Waals surface area contributed by atoms with Gasteiger partial charge in [-0.15, -0.1) is 0 Å². The molecule has 0 saturated carbocycles. The fourth-order valence-electron chi connectivity index (χ4n) is 4.63. The summed E-state index contributed by atoms with van der Waals surface area (Å²) in [7, 11) is 0. The van der Waals surface area contributed by atoms with Crippen molar-refractivity contribution in [2.24, 2.45) is 0 Å². The first-order valence-corrected chi connectivity index (χ1v) is 11.3. The molecule has 3 aromatic rings. The molecule has 2 atom stereocenters. The van der Waals surface area contributed by atoms with Crippen molar-refractivity contribution >= 4 is 11.4 Å². The van der Waals surface area contributed by atoms with Gasteiger partial charge in [-0.3, -0.25) is 9.59 Å². The van der Waals surface area contributed by atoms with Crippen LogP contribution >= 0.6 is 0 Å². The Bertz CT molecular complexity index is 1240. The number of aryl methyl sites for hydroxylation is 2. The molecule has 0 fully saturated rings. The van der Waals surface area contributed by atoms with Crippen LogP contribution in [0, 0.1) is 20.8 Å². The van der Waals surface area contributed by atoms with Gasteiger partial charge in [0.15, 0.2) is 0 Å². The van der Waals surface area contributed by atoms with E-state index in [-0.39, 0.29) is 30.2 Å². The molecule has 0 aromatic carbocycles. The Morgan fingerprint density at radius 1 is 1.31 bits per heavy atom. The van der Waals surface area contributed by atoms with Gasteiger partial charge in [-0.2, -0.15) is 0 Å². The van der Waals surface area contributed by atoms with Crippen LogP contribution < -0.4 is 10.9 Å². The highest BCUT2D eigenvalue weighted by Gasteiger charge is 2.22. The van der Waals surface area contributed by atoms with Gasteiger partial charge in [-0.1, -0.05) is 12.2 Å². The lowest BCUT2D eigenvalue weighted by molar-refractivity contribution is 0.0128. The molecule has 1 aliphatic rings. The summed E-state index contributed by atoms with van der Waals surface area (Å²) in [6, 6.07) is 7.77. The lowest BCUT2D eigenvalue weighted by Gasteiger charge is -2.25. The maximum Gasteiger partial charge on any atom is 0.253 e. The quantitative estimate of drug-likeness (QED) is 0.555. The Morgan fingerprint density at radius 3 is 2.84 bits per heavy atom. The van der Waals surface area contributed by atoms with Crippen LogP contribution in [-0.4, -0.2) is 21.4 Å². The SMILES string of the molecule is Cc1cc(C)c(CNC(=O)c2cc3cccn3c(C(C)OC3C=CCCC3)c2C)c(=O)[nH]1. The highest BCUT2D eigenvalue weighted by Crippen LogP contribution is 2.29. The van der Waals surface area contributed by atoms with E-state index in [9.17, 15) is 9.59 Å². The van der Waals surface area contributed by atoms with Crippen LogP contribution in [0.1, 0.15) is 70.7 Å². The molecule has 3 aromatic heterocycles. The molecular weight excluding hydrogens is 402 g/mol. The van der Waals surface area contributed by atoms with E-state index in [0.29, 0.717) is 11.1 Å². The highest BCUT2D eigenvalue weighted by atomic mass is 16.5. The number of rotatable bonds is 6. The standard InChI is InChI=1S/C26H31N3O3/c1-16-13-17(2)28-26(31)23(16)15-27-25(30)22-14-20-9-8-12-29(20)24(18(22)3)19(4)32-21-10-6-5-7-11-21/h6,8-10,12-14,19,21H,5,7,11,15H2,1-4H3,(H,27,30)(H,28,31). The van der Waals surface area contributed by atoms with E-state index in [1.54, 1.807) is 0 Å². The molecule has 0 bridgehead atoms. The number of allylic oxidation sites excluding steroid dienone is 1. The van der Waals surface area contributed by atoms with E-state index in [1.807, 2.05) is 58.2 Å². The van der Waals surface area contributed by atoms with E-state index < -0.39 is 0 Å². The van der Waals surface area contributed by atoms with E-state index in [4.69, 9.17) is 4.74 Å². The van der Waals surface area contributed by atoms with Crippen LogP contribution in [0.4, 0.5) is 0 Å². The smallest absolute Gasteiger partial charge is 0.253 e. The van der Waals surface area contributed by atoms with Gasteiger partial charge in [0.05, 0.1) is 17.9 Å². The number of nitrogens with zero attached hydrogens (tertiary/aromatic N) is 1. The van der Waals surface area contributed by atoms with Gasteiger partial charge in [-0.25, -0.2) is 0 Å². The lowest BCUT2D eigenvalue weighted by Crippen LogP contribution is -2.29. The molecule has 4 rings (SSSR count). The number of amides is 1. The molecule has 0 spiro atoms. The van der Waals surface area contributed by atoms with Crippen molar-refractivity contribution in [1.29, 1.82) is 0 Å². The van der Waals surface area contributed by atoms with E-state index in [0.717, 1.165) is 47.3 Å². The Morgan fingerprint density at radius 2 is 2.12 bits per heavy atom. The fraction of sp³-hybridized carbons (Fsp3) is 0.385. The zero-order chi connectivity index (χ0) is 22.8. The number of fused-ring (bicyclic) bond motifs is 1. The number of hydrogen-bond donors (Lipinski definition) is 2. The van der Waals surface area contributed by atoms with Gasteiger partial charge in [-0.05, 0) is 82.3 Å². The fourth-order valence-corrected chi connectivity index (χ4v) is 4.63. The van der Waals surface area contributed by atoms with Crippen LogP contribution in [0.3, 0.4) is 0 Å². The highest BCUT2D eigenvalue weighted by molar-refractivity contribution is 5.97. The molecule has 32 heavy (non-hydrogen) atoms. The second kappa shape index (κ2) is 9.17. The number of H-pyrrole nitrogens is 1. The van der Waals surface area contributed by atoms with Gasteiger partial charge >= 0.3 is 0 Å². The largest absolute Gasteiger partial charge is 0.365 e. The summed E-state index contributed by atoms with van der Waals surface area (Å²) in [5.41, 5.74) is 5.49. The van der Waals surface area contributed by atoms with Crippen LogP contribution in [0.15, 0.2) is 47.4 Å². The number of carbonyl (C=O) groups excluding carboxylic acids is 1. The van der Waals surface area contributed by atoms with Crippen molar-refractivity contribution in [2.45, 2.75) is 65.7 Å². The van der Waals surface area contributed by atoms with Crippen LogP contribution in [-0.2, 0) is 11.3 Å².